The second-order valence-corrected chi connectivity index (χ2v) is 9.52. The molecule has 3 amide bonds. The molecule has 1 unspecified atom stereocenters. The first-order valence-corrected chi connectivity index (χ1v) is 11.7. The van der Waals surface area contributed by atoms with Gasteiger partial charge in [0.05, 0.1) is 4.88 Å². The number of rotatable bonds is 7. The Morgan fingerprint density at radius 2 is 1.76 bits per heavy atom. The summed E-state index contributed by atoms with van der Waals surface area (Å²) in [5, 5.41) is 4.75. The van der Waals surface area contributed by atoms with Crippen LogP contribution in [0.25, 0.3) is 0 Å². The molecule has 2 fully saturated rings. The van der Waals surface area contributed by atoms with Crippen LogP contribution in [0.3, 0.4) is 0 Å². The Hall–Kier alpha value is -1.89. The van der Waals surface area contributed by atoms with Gasteiger partial charge in [0.15, 0.2) is 0 Å². The number of amides is 3. The topological polar surface area (TPSA) is 69.7 Å². The van der Waals surface area contributed by atoms with E-state index in [-0.39, 0.29) is 23.6 Å². The first kappa shape index (κ1) is 21.8. The molecular formula is C22H33N3O3S. The summed E-state index contributed by atoms with van der Waals surface area (Å²) >= 11 is 1.37. The maximum atomic E-state index is 13.0. The summed E-state index contributed by atoms with van der Waals surface area (Å²) in [7, 11) is 0. The van der Waals surface area contributed by atoms with Gasteiger partial charge in [-0.15, -0.1) is 11.3 Å². The van der Waals surface area contributed by atoms with Crippen molar-refractivity contribution in [1.29, 1.82) is 0 Å². The van der Waals surface area contributed by atoms with E-state index in [2.05, 4.69) is 5.32 Å². The first-order valence-electron chi connectivity index (χ1n) is 10.9. The van der Waals surface area contributed by atoms with Crippen LogP contribution in [-0.2, 0) is 9.59 Å². The molecular weight excluding hydrogens is 386 g/mol. The fourth-order valence-electron chi connectivity index (χ4n) is 4.29. The molecule has 29 heavy (non-hydrogen) atoms. The highest BCUT2D eigenvalue weighted by Crippen LogP contribution is 2.28. The molecule has 160 valence electrons. The number of carbonyl (C=O) groups excluding carboxylic acids is 3. The smallest absolute Gasteiger partial charge is 0.262 e. The number of nitrogens with zero attached hydrogens (tertiary/aromatic N) is 2. The molecule has 1 aliphatic heterocycles. The predicted molar refractivity (Wildman–Crippen MR) is 115 cm³/mol. The first-order chi connectivity index (χ1) is 14.0. The molecule has 2 heterocycles. The molecule has 2 aliphatic rings. The van der Waals surface area contributed by atoms with Gasteiger partial charge >= 0.3 is 0 Å². The molecule has 6 nitrogen and oxygen atoms in total. The Balaban J connectivity index is 1.48. The summed E-state index contributed by atoms with van der Waals surface area (Å²) in [5.41, 5.74) is 0. The molecule has 0 aromatic carbocycles. The normalized spacial score (nSPS) is 18.9. The molecule has 1 atom stereocenters. The monoisotopic (exact) mass is 419 g/mol. The second-order valence-electron chi connectivity index (χ2n) is 8.57. The third-order valence-electron chi connectivity index (χ3n) is 6.15. The Morgan fingerprint density at radius 3 is 2.34 bits per heavy atom. The van der Waals surface area contributed by atoms with Crippen LogP contribution in [-0.4, -0.2) is 59.7 Å². The molecule has 1 N–H and O–H groups in total. The fraction of sp³-hybridized carbons (Fsp3) is 0.682. The van der Waals surface area contributed by atoms with Gasteiger partial charge in [0, 0.05) is 32.6 Å². The van der Waals surface area contributed by atoms with Gasteiger partial charge < -0.3 is 15.1 Å². The third kappa shape index (κ3) is 5.81. The van der Waals surface area contributed by atoms with Crippen molar-refractivity contribution in [3.05, 3.63) is 22.4 Å². The highest BCUT2D eigenvalue weighted by atomic mass is 32.1. The minimum absolute atomic E-state index is 0.00233. The van der Waals surface area contributed by atoms with Crippen molar-refractivity contribution in [2.75, 3.05) is 26.2 Å². The van der Waals surface area contributed by atoms with Gasteiger partial charge in [-0.3, -0.25) is 14.4 Å². The van der Waals surface area contributed by atoms with E-state index in [1.165, 1.54) is 37.0 Å². The lowest BCUT2D eigenvalue weighted by Gasteiger charge is -2.37. The molecule has 3 rings (SSSR count). The molecule has 7 heteroatoms. The fourth-order valence-corrected chi connectivity index (χ4v) is 4.92. The Kier molecular flexibility index (Phi) is 7.70. The van der Waals surface area contributed by atoms with E-state index in [4.69, 9.17) is 0 Å². The Labute approximate surface area is 177 Å². The van der Waals surface area contributed by atoms with Crippen LogP contribution in [0, 0.1) is 11.8 Å². The van der Waals surface area contributed by atoms with Crippen LogP contribution in [0.5, 0.6) is 0 Å². The highest BCUT2D eigenvalue weighted by molar-refractivity contribution is 7.12. The quantitative estimate of drug-likeness (QED) is 0.738. The van der Waals surface area contributed by atoms with E-state index < -0.39 is 6.04 Å². The van der Waals surface area contributed by atoms with E-state index in [1.54, 1.807) is 11.0 Å². The average molecular weight is 420 g/mol. The van der Waals surface area contributed by atoms with Crippen LogP contribution in [0.4, 0.5) is 0 Å². The summed E-state index contributed by atoms with van der Waals surface area (Å²) in [6.45, 7) is 6.12. The van der Waals surface area contributed by atoms with Crippen molar-refractivity contribution in [3.8, 4) is 0 Å². The van der Waals surface area contributed by atoms with Gasteiger partial charge in [-0.2, -0.15) is 0 Å². The zero-order valence-electron chi connectivity index (χ0n) is 17.6. The lowest BCUT2D eigenvalue weighted by Crippen LogP contribution is -2.57. The van der Waals surface area contributed by atoms with Crippen LogP contribution < -0.4 is 5.32 Å². The van der Waals surface area contributed by atoms with Crippen LogP contribution >= 0.6 is 11.3 Å². The summed E-state index contributed by atoms with van der Waals surface area (Å²) in [5.74, 6) is 0.684. The number of thiophene rings is 1. The van der Waals surface area contributed by atoms with Crippen molar-refractivity contribution in [1.82, 2.24) is 15.1 Å². The number of hydrogen-bond donors (Lipinski definition) is 1. The van der Waals surface area contributed by atoms with Crippen molar-refractivity contribution in [2.24, 2.45) is 11.8 Å². The Bertz CT molecular complexity index is 690. The molecule has 1 aromatic rings. The molecule has 1 saturated heterocycles. The molecule has 0 spiro atoms. The highest BCUT2D eigenvalue weighted by Gasteiger charge is 2.32. The number of carbonyl (C=O) groups is 3. The standard InChI is InChI=1S/C22H33N3O3S/c1-16(2)20(23-21(27)18-8-5-15-29-18)22(28)25-13-11-24(12-14-25)19(26)10-9-17-6-3-4-7-17/h5,8,15-17,20H,3-4,6-7,9-14H2,1-2H3,(H,23,27). The zero-order chi connectivity index (χ0) is 20.8. The van der Waals surface area contributed by atoms with E-state index in [1.807, 2.05) is 30.2 Å². The van der Waals surface area contributed by atoms with E-state index in [0.29, 0.717) is 37.5 Å². The maximum Gasteiger partial charge on any atom is 0.262 e. The van der Waals surface area contributed by atoms with Crippen molar-refractivity contribution < 1.29 is 14.4 Å². The van der Waals surface area contributed by atoms with Crippen molar-refractivity contribution in [3.63, 3.8) is 0 Å². The van der Waals surface area contributed by atoms with Crippen LogP contribution in [0.2, 0.25) is 0 Å². The van der Waals surface area contributed by atoms with Crippen molar-refractivity contribution in [2.45, 2.75) is 58.4 Å². The summed E-state index contributed by atoms with van der Waals surface area (Å²) in [4.78, 5) is 42.3. The zero-order valence-corrected chi connectivity index (χ0v) is 18.4. The number of nitrogens with one attached hydrogen (secondary N) is 1. The third-order valence-corrected chi connectivity index (χ3v) is 7.02. The molecule has 1 aromatic heterocycles. The summed E-state index contributed by atoms with van der Waals surface area (Å²) < 4.78 is 0. The van der Waals surface area contributed by atoms with Gasteiger partial charge in [-0.05, 0) is 29.7 Å². The second kappa shape index (κ2) is 10.2. The summed E-state index contributed by atoms with van der Waals surface area (Å²) in [6.07, 6.45) is 6.78. The van der Waals surface area contributed by atoms with Gasteiger partial charge in [0.25, 0.3) is 5.91 Å². The average Bonchev–Trinajstić information content (AvgIpc) is 3.43. The van der Waals surface area contributed by atoms with E-state index in [9.17, 15) is 14.4 Å². The number of hydrogen-bond acceptors (Lipinski definition) is 4. The lowest BCUT2D eigenvalue weighted by atomic mass is 10.0. The number of piperazine rings is 1. The van der Waals surface area contributed by atoms with Gasteiger partial charge in [0.2, 0.25) is 11.8 Å². The minimum atomic E-state index is -0.547. The molecule has 0 radical (unpaired) electrons. The minimum Gasteiger partial charge on any atom is -0.339 e. The molecule has 1 saturated carbocycles. The van der Waals surface area contributed by atoms with Gasteiger partial charge in [-0.1, -0.05) is 45.6 Å². The maximum absolute atomic E-state index is 13.0. The van der Waals surface area contributed by atoms with Crippen molar-refractivity contribution >= 4 is 29.1 Å². The molecule has 0 bridgehead atoms. The van der Waals surface area contributed by atoms with E-state index >= 15 is 0 Å². The van der Waals surface area contributed by atoms with Crippen LogP contribution in [0.1, 0.15) is 62.0 Å². The van der Waals surface area contributed by atoms with Gasteiger partial charge in [0.1, 0.15) is 6.04 Å². The SMILES string of the molecule is CC(C)C(NC(=O)c1cccs1)C(=O)N1CCN(C(=O)CCC2CCCC2)CC1. The lowest BCUT2D eigenvalue weighted by molar-refractivity contribution is -0.141. The largest absolute Gasteiger partial charge is 0.339 e. The predicted octanol–water partition coefficient (Wildman–Crippen LogP) is 3.14. The van der Waals surface area contributed by atoms with E-state index in [0.717, 1.165) is 12.3 Å². The molecule has 1 aliphatic carbocycles. The summed E-state index contributed by atoms with van der Waals surface area (Å²) in [6, 6.07) is 3.04. The van der Waals surface area contributed by atoms with Gasteiger partial charge in [-0.25, -0.2) is 0 Å². The Morgan fingerprint density at radius 1 is 1.10 bits per heavy atom. The van der Waals surface area contributed by atoms with Crippen LogP contribution in [0.15, 0.2) is 17.5 Å².